The Morgan fingerprint density at radius 3 is 0.896 bits per heavy atom. The van der Waals surface area contributed by atoms with Crippen molar-refractivity contribution in [1.29, 1.82) is 0 Å². The van der Waals surface area contributed by atoms with E-state index in [-0.39, 0.29) is 41.7 Å². The van der Waals surface area contributed by atoms with Gasteiger partial charge in [0.05, 0.1) is 102 Å². The second-order valence-electron chi connectivity index (χ2n) is 31.9. The van der Waals surface area contributed by atoms with Crippen LogP contribution in [-0.4, -0.2) is 100 Å². The molecule has 4 fully saturated rings. The number of rotatable bonds is 18. The molecule has 4 bridgehead atoms. The minimum atomic E-state index is -0.337. The van der Waals surface area contributed by atoms with Gasteiger partial charge in [-0.05, 0) is 263 Å². The summed E-state index contributed by atoms with van der Waals surface area (Å²) in [6.07, 6.45) is 7.60. The SMILES string of the molecule is Cc1cc(NC(=O)NC23CC4CC(CC(C4)C2)C3)n(-c2ccccc2)n1.Cc1cc(NC(=O)Nc2cc(Br)cs2)n(-c2ccccc2)n1.Cc1cc(NC(=O)Nc2ccc(Br)s2)n(-c2ccccc2)n1.Cc1cc(NC(=O)Nc2ccc(C)s2)n(-c2ccccc2)n1.Cc1cc(NC(=O)Nc2ccc(Cl)s2)n(-c2ccccc2)n1.Cc1cc(NC(=O)Nc2ccsc2)n(-c2ccccc2)n1. The van der Waals surface area contributed by atoms with Crippen LogP contribution >= 0.6 is 100 Å². The van der Waals surface area contributed by atoms with Crippen LogP contribution in [0, 0.1) is 66.2 Å². The average molecular weight is 2050 g/mol. The van der Waals surface area contributed by atoms with Crippen LogP contribution < -0.4 is 63.8 Å². The van der Waals surface area contributed by atoms with E-state index in [9.17, 15) is 28.8 Å². The van der Waals surface area contributed by atoms with Gasteiger partial charge in [0.1, 0.15) is 34.9 Å². The lowest BCUT2D eigenvalue weighted by atomic mass is 9.53. The highest BCUT2D eigenvalue weighted by molar-refractivity contribution is 9.11. The highest BCUT2D eigenvalue weighted by Gasteiger charge is 2.51. The molecule has 6 aromatic carbocycles. The molecular formula is C97H95Br2ClN24O6S5. The number of thiophene rings is 5. The zero-order valence-electron chi connectivity index (χ0n) is 74.1. The van der Waals surface area contributed by atoms with Crippen molar-refractivity contribution in [3.05, 3.63) is 335 Å². The number of para-hydroxylation sites is 6. The van der Waals surface area contributed by atoms with E-state index in [2.05, 4.69) is 126 Å². The maximum Gasteiger partial charge on any atom is 0.325 e. The van der Waals surface area contributed by atoms with E-state index in [4.69, 9.17) is 11.6 Å². The lowest BCUT2D eigenvalue weighted by molar-refractivity contribution is -0.0127. The number of carbonyl (C=O) groups excluding carboxylic acids is 6. The number of amides is 12. The first-order valence-corrected chi connectivity index (χ1v) is 49.1. The van der Waals surface area contributed by atoms with Gasteiger partial charge in [0.25, 0.3) is 0 Å². The molecule has 11 heterocycles. The zero-order chi connectivity index (χ0) is 94.5. The molecule has 0 spiro atoms. The lowest BCUT2D eigenvalue weighted by Gasteiger charge is -2.56. The summed E-state index contributed by atoms with van der Waals surface area (Å²) in [7, 11) is 0. The van der Waals surface area contributed by atoms with Crippen LogP contribution in [-0.2, 0) is 0 Å². The first-order chi connectivity index (χ1) is 65.3. The van der Waals surface area contributed by atoms with Crippen molar-refractivity contribution in [2.24, 2.45) is 17.8 Å². The number of aromatic nitrogens is 12. The molecule has 0 unspecified atom stereocenters. The van der Waals surface area contributed by atoms with Crippen molar-refractivity contribution in [2.45, 2.75) is 92.5 Å². The summed E-state index contributed by atoms with van der Waals surface area (Å²) in [5, 5.41) is 69.8. The highest BCUT2D eigenvalue weighted by Crippen LogP contribution is 2.56. The van der Waals surface area contributed by atoms with Crippen LogP contribution in [0.4, 0.5) is 89.4 Å². The monoisotopic (exact) mass is 2040 g/mol. The summed E-state index contributed by atoms with van der Waals surface area (Å²) in [4.78, 5) is 74.4. The third kappa shape index (κ3) is 26.9. The molecule has 11 aromatic heterocycles. The molecule has 12 amide bonds. The Bertz CT molecular complexity index is 6270. The summed E-state index contributed by atoms with van der Waals surface area (Å²) < 4.78 is 12.9. The molecular weight excluding hydrogens is 1950 g/mol. The van der Waals surface area contributed by atoms with Gasteiger partial charge in [-0.15, -0.1) is 45.3 Å². The fourth-order valence-corrected chi connectivity index (χ4v) is 21.0. The molecule has 4 aliphatic carbocycles. The van der Waals surface area contributed by atoms with Gasteiger partial charge in [-0.1, -0.05) is 121 Å². The van der Waals surface area contributed by atoms with E-state index in [1.807, 2.05) is 319 Å². The van der Waals surface area contributed by atoms with E-state index < -0.39 is 0 Å². The molecule has 4 aliphatic rings. The van der Waals surface area contributed by atoms with Crippen LogP contribution in [0.3, 0.4) is 0 Å². The number of nitrogens with one attached hydrogen (secondary N) is 12. The zero-order valence-corrected chi connectivity index (χ0v) is 82.1. The number of urea groups is 6. The second-order valence-corrected chi connectivity index (χ2v) is 40.0. The van der Waals surface area contributed by atoms with E-state index in [0.717, 1.165) is 145 Å². The maximum absolute atomic E-state index is 12.8. The second kappa shape index (κ2) is 45.1. The number of aryl methyl sites for hydroxylation is 7. The summed E-state index contributed by atoms with van der Waals surface area (Å²) >= 11 is 19.9. The maximum atomic E-state index is 12.8. The third-order valence-electron chi connectivity index (χ3n) is 21.0. The fourth-order valence-electron chi connectivity index (χ4n) is 16.1. The fraction of sp³-hybridized carbons (Fsp3) is 0.175. The summed E-state index contributed by atoms with van der Waals surface area (Å²) in [6.45, 7) is 13.4. The molecule has 0 aliphatic heterocycles. The smallest absolute Gasteiger partial charge is 0.325 e. The van der Waals surface area contributed by atoms with E-state index in [0.29, 0.717) is 38.4 Å². The third-order valence-corrected chi connectivity index (χ3v) is 26.9. The molecule has 0 radical (unpaired) electrons. The number of hydrogen-bond acceptors (Lipinski definition) is 17. The summed E-state index contributed by atoms with van der Waals surface area (Å²) in [5.41, 5.74) is 11.3. The predicted molar refractivity (Wildman–Crippen MR) is 553 cm³/mol. The number of hydrogen-bond donors (Lipinski definition) is 12. The summed E-state index contributed by atoms with van der Waals surface area (Å²) in [5.74, 6) is 6.28. The van der Waals surface area contributed by atoms with Gasteiger partial charge in [0.2, 0.25) is 0 Å². The molecule has 690 valence electrons. The van der Waals surface area contributed by atoms with Gasteiger partial charge in [-0.3, -0.25) is 53.2 Å². The van der Waals surface area contributed by atoms with Crippen molar-refractivity contribution >= 4 is 197 Å². The molecule has 0 saturated heterocycles. The lowest BCUT2D eigenvalue weighted by Crippen LogP contribution is -2.60. The van der Waals surface area contributed by atoms with Crippen LogP contribution in [0.15, 0.2) is 291 Å². The van der Waals surface area contributed by atoms with Crippen molar-refractivity contribution < 1.29 is 28.8 Å². The molecule has 30 nitrogen and oxygen atoms in total. The Morgan fingerprint density at radius 2 is 0.622 bits per heavy atom. The standard InChI is InChI=1S/C21H26N4O.C16H16N4OS.2C15H13BrN4OS.C15H13ClN4OS.C15H14N4OS/c1-14-7-19(25(24-14)18-5-3-2-4-6-18)22-20(26)23-21-11-15-8-16(12-21)10-17(9-15)13-21;1-11-10-14(20(19-11)13-6-4-3-5-7-13)17-16(21)18-15-9-8-12(2)22-15;1-10-7-13(20(19-10)12-5-3-2-4-6-12)17-15(21)18-14-8-11(16)9-22-14;2*1-10-9-13(20(19-10)11-5-3-2-4-6-11)17-15(21)18-14-8-7-12(16)22-14;1-11-9-14(17-15(20)16-12-7-8-21-10-12)19(18-11)13-5-3-2-4-6-13/h2-7,15-17H,8-13H2,1H3,(H2,22,23,26);3-10H,1-2H3,(H2,17,18,21);3*2-9H,1H3,(H2,17,18,21);2-10H,1H3,(H2,16,17,20). The van der Waals surface area contributed by atoms with E-state index in [1.165, 1.54) is 75.9 Å². The molecule has 135 heavy (non-hydrogen) atoms. The largest absolute Gasteiger partial charge is 0.332 e. The van der Waals surface area contributed by atoms with Crippen LogP contribution in [0.1, 0.15) is 77.6 Å². The van der Waals surface area contributed by atoms with Gasteiger partial charge in [0.15, 0.2) is 0 Å². The first-order valence-electron chi connectivity index (χ1n) is 42.8. The molecule has 12 N–H and O–H groups in total. The molecule has 4 saturated carbocycles. The normalized spacial score (nSPS) is 14.5. The first kappa shape index (κ1) is 95.6. The Morgan fingerprint density at radius 1 is 0.326 bits per heavy atom. The van der Waals surface area contributed by atoms with Crippen molar-refractivity contribution in [3.8, 4) is 34.1 Å². The molecule has 38 heteroatoms. The van der Waals surface area contributed by atoms with Gasteiger partial charge in [-0.25, -0.2) is 56.9 Å². The predicted octanol–water partition coefficient (Wildman–Crippen LogP) is 26.2. The quantitative estimate of drug-likeness (QED) is 0.0381. The Kier molecular flexibility index (Phi) is 31.9. The van der Waals surface area contributed by atoms with Crippen molar-refractivity contribution in [2.75, 3.05) is 58.5 Å². The average Bonchev–Trinajstić information content (AvgIpc) is 1.51. The molecule has 21 rings (SSSR count). The Balaban J connectivity index is 0.000000124. The number of halogens is 3. The number of carbonyl (C=O) groups is 6. The van der Waals surface area contributed by atoms with Crippen molar-refractivity contribution in [3.63, 3.8) is 0 Å². The number of nitrogens with zero attached hydrogens (tertiary/aromatic N) is 12. The number of anilines is 11. The van der Waals surface area contributed by atoms with E-state index in [1.54, 1.807) is 40.2 Å². The van der Waals surface area contributed by atoms with Gasteiger partial charge >= 0.3 is 36.2 Å². The van der Waals surface area contributed by atoms with Gasteiger partial charge in [-0.2, -0.15) is 41.9 Å². The Labute approximate surface area is 820 Å². The van der Waals surface area contributed by atoms with Crippen molar-refractivity contribution in [1.82, 2.24) is 64.0 Å². The molecule has 17 aromatic rings. The minimum absolute atomic E-state index is 0.0193. The minimum Gasteiger partial charge on any atom is -0.332 e. The van der Waals surface area contributed by atoms with Gasteiger partial charge in [0, 0.05) is 62.0 Å². The van der Waals surface area contributed by atoms with Crippen LogP contribution in [0.25, 0.3) is 34.1 Å². The highest BCUT2D eigenvalue weighted by atomic mass is 79.9. The molecule has 0 atom stereocenters. The van der Waals surface area contributed by atoms with Crippen LogP contribution in [0.5, 0.6) is 0 Å². The van der Waals surface area contributed by atoms with Crippen LogP contribution in [0.2, 0.25) is 4.34 Å². The Hall–Kier alpha value is -14.1. The number of benzene rings is 6. The topological polar surface area (TPSA) is 354 Å². The van der Waals surface area contributed by atoms with Gasteiger partial charge < -0.3 is 10.6 Å². The summed E-state index contributed by atoms with van der Waals surface area (Å²) in [6, 6.07) is 82.5. The van der Waals surface area contributed by atoms with E-state index >= 15 is 0 Å².